The van der Waals surface area contributed by atoms with Crippen LogP contribution in [0, 0.1) is 17.3 Å². The third-order valence-electron chi connectivity index (χ3n) is 5.17. The zero-order chi connectivity index (χ0) is 22.0. The molecule has 2 amide bonds. The van der Waals surface area contributed by atoms with Gasteiger partial charge >= 0.3 is 0 Å². The highest BCUT2D eigenvalue weighted by molar-refractivity contribution is 5.92. The number of nitrogens with one attached hydrogen (secondary N) is 1. The summed E-state index contributed by atoms with van der Waals surface area (Å²) in [6.07, 6.45) is 2.08. The molecule has 9 heteroatoms. The van der Waals surface area contributed by atoms with E-state index in [0.717, 1.165) is 0 Å². The number of primary amides is 1. The number of hydrogen-bond acceptors (Lipinski definition) is 6. The predicted molar refractivity (Wildman–Crippen MR) is 112 cm³/mol. The van der Waals surface area contributed by atoms with Crippen molar-refractivity contribution in [3.05, 3.63) is 53.9 Å². The molecule has 1 aromatic carbocycles. The molecule has 156 valence electrons. The molecule has 1 aliphatic rings. The highest BCUT2D eigenvalue weighted by atomic mass is 16.3. The van der Waals surface area contributed by atoms with E-state index in [2.05, 4.69) is 32.2 Å². The number of hydrogen-bond donors (Lipinski definition) is 3. The van der Waals surface area contributed by atoms with E-state index in [4.69, 9.17) is 5.73 Å². The van der Waals surface area contributed by atoms with Crippen molar-refractivity contribution >= 4 is 11.8 Å². The molecule has 4 rings (SSSR count). The van der Waals surface area contributed by atoms with E-state index in [-0.39, 0.29) is 18.2 Å². The second-order valence-electron chi connectivity index (χ2n) is 7.24. The van der Waals surface area contributed by atoms with Gasteiger partial charge < -0.3 is 16.2 Å². The first-order valence-corrected chi connectivity index (χ1v) is 9.62. The molecule has 2 aromatic heterocycles. The maximum Gasteiger partial charge on any atom is 0.267 e. The lowest BCUT2D eigenvalue weighted by Crippen LogP contribution is -2.33. The molecule has 1 saturated heterocycles. The van der Waals surface area contributed by atoms with E-state index in [1.807, 2.05) is 0 Å². The van der Waals surface area contributed by atoms with E-state index in [1.54, 1.807) is 48.3 Å². The van der Waals surface area contributed by atoms with Crippen LogP contribution in [-0.2, 0) is 11.8 Å². The van der Waals surface area contributed by atoms with E-state index in [0.29, 0.717) is 41.3 Å². The van der Waals surface area contributed by atoms with Crippen molar-refractivity contribution in [3.63, 3.8) is 0 Å². The van der Waals surface area contributed by atoms with Gasteiger partial charge in [-0.3, -0.25) is 14.3 Å². The quantitative estimate of drug-likeness (QED) is 0.530. The summed E-state index contributed by atoms with van der Waals surface area (Å²) in [5.74, 6) is 5.28. The van der Waals surface area contributed by atoms with Crippen LogP contribution in [0.5, 0.6) is 0 Å². The third kappa shape index (κ3) is 3.89. The molecule has 0 spiro atoms. The molecule has 9 nitrogen and oxygen atoms in total. The van der Waals surface area contributed by atoms with Crippen molar-refractivity contribution in [1.29, 1.82) is 0 Å². The van der Waals surface area contributed by atoms with Gasteiger partial charge in [0.15, 0.2) is 5.82 Å². The smallest absolute Gasteiger partial charge is 0.267 e. The molecule has 1 aliphatic heterocycles. The molecule has 1 fully saturated rings. The number of carbonyl (C=O) groups excluding carboxylic acids is 2. The number of amides is 2. The highest BCUT2D eigenvalue weighted by Gasteiger charge is 2.40. The van der Waals surface area contributed by atoms with Crippen molar-refractivity contribution in [2.45, 2.75) is 6.42 Å². The molecule has 0 saturated carbocycles. The van der Waals surface area contributed by atoms with Crippen LogP contribution in [0.15, 0.2) is 42.6 Å². The SMILES string of the molecule is Cn1nccc1-c1cc(C(N)=O)nc(-c2cccc(C#C[C@@]3(CO)CCNC3=O)c2)n1. The number of benzene rings is 1. The average molecular weight is 416 g/mol. The fourth-order valence-electron chi connectivity index (χ4n) is 3.37. The van der Waals surface area contributed by atoms with E-state index >= 15 is 0 Å². The van der Waals surface area contributed by atoms with Crippen LogP contribution in [-0.4, -0.2) is 49.8 Å². The Kier molecular flexibility index (Phi) is 5.23. The molecule has 31 heavy (non-hydrogen) atoms. The van der Waals surface area contributed by atoms with Gasteiger partial charge in [-0.1, -0.05) is 24.0 Å². The van der Waals surface area contributed by atoms with Crippen LogP contribution in [0.2, 0.25) is 0 Å². The van der Waals surface area contributed by atoms with Crippen molar-refractivity contribution in [3.8, 4) is 34.6 Å². The van der Waals surface area contributed by atoms with E-state index < -0.39 is 11.3 Å². The normalized spacial score (nSPS) is 17.7. The van der Waals surface area contributed by atoms with Gasteiger partial charge in [0.25, 0.3) is 5.91 Å². The largest absolute Gasteiger partial charge is 0.394 e. The predicted octanol–water partition coefficient (Wildman–Crippen LogP) is 0.493. The van der Waals surface area contributed by atoms with Gasteiger partial charge in [0.2, 0.25) is 5.91 Å². The summed E-state index contributed by atoms with van der Waals surface area (Å²) in [6, 6.07) is 10.4. The average Bonchev–Trinajstić information content (AvgIpc) is 3.37. The number of aryl methyl sites for hydroxylation is 1. The fourth-order valence-corrected chi connectivity index (χ4v) is 3.37. The lowest BCUT2D eigenvalue weighted by atomic mass is 9.88. The molecule has 4 N–H and O–H groups in total. The molecule has 0 aliphatic carbocycles. The Morgan fingerprint density at radius 3 is 2.81 bits per heavy atom. The molecular weight excluding hydrogens is 396 g/mol. The molecule has 3 aromatic rings. The lowest BCUT2D eigenvalue weighted by molar-refractivity contribution is -0.126. The van der Waals surface area contributed by atoms with Gasteiger partial charge in [0.05, 0.1) is 18.0 Å². The molecule has 1 atom stereocenters. The zero-order valence-corrected chi connectivity index (χ0v) is 16.8. The van der Waals surface area contributed by atoms with Crippen LogP contribution >= 0.6 is 0 Å². The minimum atomic E-state index is -1.09. The van der Waals surface area contributed by atoms with E-state index in [1.165, 1.54) is 6.07 Å². The Hall–Kier alpha value is -4.03. The summed E-state index contributed by atoms with van der Waals surface area (Å²) < 4.78 is 1.64. The van der Waals surface area contributed by atoms with Crippen molar-refractivity contribution in [2.75, 3.05) is 13.2 Å². The molecule has 0 radical (unpaired) electrons. The standard InChI is InChI=1S/C22H20N6O3/c1-28-18(6-9-25-28)16-12-17(19(23)30)27-20(26-16)15-4-2-3-14(11-15)5-7-22(13-29)8-10-24-21(22)31/h2-4,6,9,11-12,29H,8,10,13H2,1H3,(H2,23,30)(H,24,31)/t22-/m0/s1. The van der Waals surface area contributed by atoms with Gasteiger partial charge in [-0.25, -0.2) is 9.97 Å². The first kappa shape index (κ1) is 20.3. The lowest BCUT2D eigenvalue weighted by Gasteiger charge is -2.15. The summed E-state index contributed by atoms with van der Waals surface area (Å²) in [6.45, 7) is 0.141. The topological polar surface area (TPSA) is 136 Å². The second-order valence-corrected chi connectivity index (χ2v) is 7.24. The van der Waals surface area contributed by atoms with Crippen LogP contribution in [0.4, 0.5) is 0 Å². The zero-order valence-electron chi connectivity index (χ0n) is 16.8. The minimum Gasteiger partial charge on any atom is -0.394 e. The Morgan fingerprint density at radius 1 is 1.32 bits per heavy atom. The Bertz CT molecular complexity index is 1240. The van der Waals surface area contributed by atoms with Crippen LogP contribution < -0.4 is 11.1 Å². The number of aliphatic hydroxyl groups excluding tert-OH is 1. The van der Waals surface area contributed by atoms with Gasteiger partial charge in [-0.15, -0.1) is 0 Å². The number of carbonyl (C=O) groups is 2. The summed E-state index contributed by atoms with van der Waals surface area (Å²) in [4.78, 5) is 32.8. The summed E-state index contributed by atoms with van der Waals surface area (Å²) in [5.41, 5.74) is 6.94. The molecule has 0 bridgehead atoms. The summed E-state index contributed by atoms with van der Waals surface area (Å²) >= 11 is 0. The minimum absolute atomic E-state index is 0.0829. The van der Waals surface area contributed by atoms with Gasteiger partial charge in [-0.2, -0.15) is 5.10 Å². The fraction of sp³-hybridized carbons (Fsp3) is 0.227. The number of aromatic nitrogens is 4. The maximum absolute atomic E-state index is 12.1. The maximum atomic E-state index is 12.1. The highest BCUT2D eigenvalue weighted by Crippen LogP contribution is 2.26. The van der Waals surface area contributed by atoms with Gasteiger partial charge in [-0.05, 0) is 30.7 Å². The van der Waals surface area contributed by atoms with Crippen LogP contribution in [0.1, 0.15) is 22.5 Å². The molecule has 3 heterocycles. The Morgan fingerprint density at radius 2 is 2.16 bits per heavy atom. The second kappa shape index (κ2) is 8.01. The van der Waals surface area contributed by atoms with Crippen molar-refractivity contribution in [1.82, 2.24) is 25.1 Å². The first-order valence-electron chi connectivity index (χ1n) is 9.62. The monoisotopic (exact) mass is 416 g/mol. The molecule has 0 unspecified atom stereocenters. The van der Waals surface area contributed by atoms with Crippen molar-refractivity contribution < 1.29 is 14.7 Å². The first-order chi connectivity index (χ1) is 14.9. The van der Waals surface area contributed by atoms with Gasteiger partial charge in [0.1, 0.15) is 11.1 Å². The molecular formula is C22H20N6O3. The number of nitrogens with two attached hydrogens (primary N) is 1. The Balaban J connectivity index is 1.75. The number of rotatable bonds is 4. The van der Waals surface area contributed by atoms with Gasteiger partial charge in [0, 0.05) is 30.9 Å². The van der Waals surface area contributed by atoms with E-state index in [9.17, 15) is 14.7 Å². The summed E-state index contributed by atoms with van der Waals surface area (Å²) in [5, 5.41) is 16.5. The Labute approximate surface area is 178 Å². The third-order valence-corrected chi connectivity index (χ3v) is 5.17. The number of aliphatic hydroxyl groups is 1. The van der Waals surface area contributed by atoms with Crippen LogP contribution in [0.3, 0.4) is 0 Å². The van der Waals surface area contributed by atoms with Crippen LogP contribution in [0.25, 0.3) is 22.8 Å². The van der Waals surface area contributed by atoms with Crippen molar-refractivity contribution in [2.24, 2.45) is 18.2 Å². The number of nitrogens with zero attached hydrogens (tertiary/aromatic N) is 4. The summed E-state index contributed by atoms with van der Waals surface area (Å²) in [7, 11) is 1.77.